The van der Waals surface area contributed by atoms with Crippen LogP contribution in [0.4, 0.5) is 19.2 Å². The Kier molecular flexibility index (Phi) is 4.54. The van der Waals surface area contributed by atoms with Crippen molar-refractivity contribution in [3.63, 3.8) is 0 Å². The molecule has 3 atom stereocenters. The first-order valence-electron chi connectivity index (χ1n) is 8.49. The maximum atomic E-state index is 14.7. The van der Waals surface area contributed by atoms with Crippen LogP contribution in [0.2, 0.25) is 0 Å². The van der Waals surface area contributed by atoms with E-state index < -0.39 is 35.7 Å². The number of amides is 1. The molecule has 2 aromatic rings. The number of piperidine rings is 1. The van der Waals surface area contributed by atoms with Crippen LogP contribution in [-0.2, 0) is 4.79 Å². The molecule has 0 spiro atoms. The van der Waals surface area contributed by atoms with Crippen LogP contribution in [0.1, 0.15) is 24.4 Å². The molecule has 4 rings (SSSR count). The fourth-order valence-corrected chi connectivity index (χ4v) is 3.50. The first kappa shape index (κ1) is 17.5. The van der Waals surface area contributed by atoms with Crippen LogP contribution in [0.3, 0.4) is 0 Å². The topological polar surface area (TPSA) is 74.8 Å². The molecule has 0 N–H and O–H groups in total. The van der Waals surface area contributed by atoms with Gasteiger partial charge in [0.1, 0.15) is 17.8 Å². The van der Waals surface area contributed by atoms with Crippen molar-refractivity contribution in [2.24, 2.45) is 11.0 Å². The quantitative estimate of drug-likeness (QED) is 0.819. The highest BCUT2D eigenvalue weighted by Crippen LogP contribution is 2.33. The zero-order valence-corrected chi connectivity index (χ0v) is 14.1. The van der Waals surface area contributed by atoms with Crippen molar-refractivity contribution in [1.82, 2.24) is 15.2 Å². The average molecular weight is 379 g/mol. The molecular weight excluding hydrogens is 363 g/mol. The van der Waals surface area contributed by atoms with E-state index in [0.29, 0.717) is 13.0 Å². The van der Waals surface area contributed by atoms with Gasteiger partial charge in [-0.1, -0.05) is 5.10 Å². The Hall–Kier alpha value is -2.91. The Morgan fingerprint density at radius 3 is 2.67 bits per heavy atom. The predicted octanol–water partition coefficient (Wildman–Crippen LogP) is 2.47. The molecule has 3 heterocycles. The van der Waals surface area contributed by atoms with E-state index >= 15 is 0 Å². The molecule has 10 heteroatoms. The normalized spacial score (nSPS) is 25.2. The van der Waals surface area contributed by atoms with E-state index in [4.69, 9.17) is 4.42 Å². The van der Waals surface area contributed by atoms with E-state index in [9.17, 15) is 18.0 Å². The minimum atomic E-state index is -1.46. The Morgan fingerprint density at radius 1 is 1.22 bits per heavy atom. The van der Waals surface area contributed by atoms with Crippen molar-refractivity contribution >= 4 is 18.1 Å². The third-order valence-corrected chi connectivity index (χ3v) is 4.80. The number of aromatic nitrogens is 2. The van der Waals surface area contributed by atoms with E-state index in [2.05, 4.69) is 15.3 Å². The van der Waals surface area contributed by atoms with Gasteiger partial charge in [0.2, 0.25) is 12.3 Å². The van der Waals surface area contributed by atoms with Gasteiger partial charge in [-0.25, -0.2) is 18.2 Å². The largest absolute Gasteiger partial charge is 0.411 e. The predicted molar refractivity (Wildman–Crippen MR) is 88.6 cm³/mol. The molecule has 2 aliphatic heterocycles. The van der Waals surface area contributed by atoms with Crippen molar-refractivity contribution < 1.29 is 22.4 Å². The fraction of sp³-hybridized carbons (Fsp3) is 0.412. The third kappa shape index (κ3) is 3.38. The van der Waals surface area contributed by atoms with E-state index in [1.54, 1.807) is 4.90 Å². The number of nitrogens with zero attached hydrogens (tertiary/aromatic N) is 5. The number of hydrogen-bond acceptors (Lipinski definition) is 6. The summed E-state index contributed by atoms with van der Waals surface area (Å²) >= 11 is 0. The Morgan fingerprint density at radius 2 is 2.00 bits per heavy atom. The van der Waals surface area contributed by atoms with Crippen LogP contribution in [0.15, 0.2) is 34.1 Å². The first-order chi connectivity index (χ1) is 13.0. The summed E-state index contributed by atoms with van der Waals surface area (Å²) in [6.45, 7) is 0.311. The number of hydrogen-bond donors (Lipinski definition) is 0. The number of alkyl halides is 1. The second kappa shape index (κ2) is 7.01. The zero-order valence-electron chi connectivity index (χ0n) is 14.1. The van der Waals surface area contributed by atoms with Crippen molar-refractivity contribution in [3.05, 3.63) is 41.8 Å². The summed E-state index contributed by atoms with van der Waals surface area (Å²) in [5.74, 6) is -2.88. The molecule has 2 aliphatic rings. The van der Waals surface area contributed by atoms with E-state index in [1.165, 1.54) is 6.21 Å². The molecule has 1 saturated heterocycles. The molecule has 7 nitrogen and oxygen atoms in total. The molecule has 1 fully saturated rings. The van der Waals surface area contributed by atoms with Gasteiger partial charge in [-0.15, -0.1) is 5.10 Å². The van der Waals surface area contributed by atoms with Crippen LogP contribution >= 0.6 is 0 Å². The summed E-state index contributed by atoms with van der Waals surface area (Å²) in [5, 5.41) is 12.5. The molecular formula is C17H16F3N5O2. The van der Waals surface area contributed by atoms with Crippen LogP contribution < -0.4 is 4.90 Å². The first-order valence-corrected chi connectivity index (χ1v) is 8.49. The molecule has 142 valence electrons. The van der Waals surface area contributed by atoms with Crippen LogP contribution in [0.5, 0.6) is 0 Å². The number of carbonyl (C=O) groups excluding carboxylic acids is 1. The highest BCUT2D eigenvalue weighted by atomic mass is 19.1. The summed E-state index contributed by atoms with van der Waals surface area (Å²) in [6.07, 6.45) is 1.73. The van der Waals surface area contributed by atoms with E-state index in [0.717, 1.165) is 29.6 Å². The van der Waals surface area contributed by atoms with Gasteiger partial charge in [0.05, 0.1) is 18.5 Å². The maximum absolute atomic E-state index is 14.7. The smallest absolute Gasteiger partial charge is 0.318 e. The average Bonchev–Trinajstić information content (AvgIpc) is 3.32. The number of anilines is 1. The highest BCUT2D eigenvalue weighted by molar-refractivity contribution is 5.82. The van der Waals surface area contributed by atoms with Crippen LogP contribution in [0, 0.1) is 17.6 Å². The van der Waals surface area contributed by atoms with Crippen LogP contribution in [-0.4, -0.2) is 46.6 Å². The van der Waals surface area contributed by atoms with E-state index in [1.807, 2.05) is 0 Å². The van der Waals surface area contributed by atoms with Gasteiger partial charge in [-0.05, 0) is 24.1 Å². The Balaban J connectivity index is 1.49. The van der Waals surface area contributed by atoms with Gasteiger partial charge < -0.3 is 9.32 Å². The second-order valence-corrected chi connectivity index (χ2v) is 6.51. The second-order valence-electron chi connectivity index (χ2n) is 6.51. The summed E-state index contributed by atoms with van der Waals surface area (Å²) in [4.78, 5) is 14.4. The van der Waals surface area contributed by atoms with Gasteiger partial charge in [-0.3, -0.25) is 4.79 Å². The summed E-state index contributed by atoms with van der Waals surface area (Å²) < 4.78 is 46.8. The minimum Gasteiger partial charge on any atom is -0.411 e. The molecule has 0 saturated carbocycles. The molecule has 0 unspecified atom stereocenters. The lowest BCUT2D eigenvalue weighted by molar-refractivity contribution is -0.140. The van der Waals surface area contributed by atoms with Gasteiger partial charge in [0, 0.05) is 25.2 Å². The molecule has 1 amide bonds. The van der Waals surface area contributed by atoms with E-state index in [-0.39, 0.29) is 24.5 Å². The van der Waals surface area contributed by atoms with Gasteiger partial charge in [0.25, 0.3) is 0 Å². The third-order valence-electron chi connectivity index (χ3n) is 4.80. The molecule has 27 heavy (non-hydrogen) atoms. The number of rotatable bonds is 3. The fourth-order valence-electron chi connectivity index (χ4n) is 3.50. The lowest BCUT2D eigenvalue weighted by atomic mass is 9.93. The maximum Gasteiger partial charge on any atom is 0.318 e. The monoisotopic (exact) mass is 379 g/mol. The zero-order chi connectivity index (χ0) is 19.0. The number of benzene rings is 1. The highest BCUT2D eigenvalue weighted by Gasteiger charge is 2.41. The molecule has 0 bridgehead atoms. The molecule has 1 aromatic heterocycles. The minimum absolute atomic E-state index is 0.0601. The molecule has 1 aromatic carbocycles. The molecule has 0 aliphatic carbocycles. The van der Waals surface area contributed by atoms with Gasteiger partial charge >= 0.3 is 6.01 Å². The lowest BCUT2D eigenvalue weighted by Gasteiger charge is -2.35. The van der Waals surface area contributed by atoms with Crippen molar-refractivity contribution in [1.29, 1.82) is 0 Å². The van der Waals surface area contributed by atoms with Gasteiger partial charge in [0.15, 0.2) is 0 Å². The number of halogens is 3. The van der Waals surface area contributed by atoms with Crippen molar-refractivity contribution in [3.8, 4) is 0 Å². The lowest BCUT2D eigenvalue weighted by Crippen LogP contribution is -2.48. The van der Waals surface area contributed by atoms with Crippen LogP contribution in [0.25, 0.3) is 0 Å². The number of hydrazone groups is 1. The standard InChI is InChI=1S/C17H16F3N5O2/c18-11-5-10(6-12(19)7-11)15-1-3-22-25(15)16(26)13-2-4-24(8-14(13)20)17-23-21-9-27-17/h3,5-7,9,13-15H,1-2,4,8H2/t13-,14+,15-/m1/s1. The summed E-state index contributed by atoms with van der Waals surface area (Å²) in [6, 6.07) is 2.64. The summed E-state index contributed by atoms with van der Waals surface area (Å²) in [5.41, 5.74) is 0.289. The van der Waals surface area contributed by atoms with Gasteiger partial charge in [-0.2, -0.15) is 5.10 Å². The number of carbonyl (C=O) groups is 1. The SMILES string of the molecule is O=C([C@@H]1CCN(c2nnco2)C[C@@H]1F)N1N=CC[C@@H]1c1cc(F)cc(F)c1. The Bertz CT molecular complexity index is 840. The molecule has 0 radical (unpaired) electrons. The summed E-state index contributed by atoms with van der Waals surface area (Å²) in [7, 11) is 0. The van der Waals surface area contributed by atoms with Crippen molar-refractivity contribution in [2.45, 2.75) is 25.1 Å². The van der Waals surface area contributed by atoms with Crippen molar-refractivity contribution in [2.75, 3.05) is 18.0 Å². The Labute approximate surface area is 152 Å².